The second-order valence-corrected chi connectivity index (χ2v) is 5.41. The molecule has 0 saturated carbocycles. The zero-order chi connectivity index (χ0) is 14.4. The van der Waals surface area contributed by atoms with Crippen molar-refractivity contribution in [1.29, 1.82) is 0 Å². The number of β-amino-alcohol motifs (C(OH)–C–C–N with tert-alkyl or cyclic N) is 1. The summed E-state index contributed by atoms with van der Waals surface area (Å²) in [6.45, 7) is 3.63. The molecular weight excluding hydrogens is 256 g/mol. The first-order valence-corrected chi connectivity index (χ1v) is 7.00. The van der Waals surface area contributed by atoms with Crippen molar-refractivity contribution in [3.05, 3.63) is 24.3 Å². The predicted molar refractivity (Wildman–Crippen MR) is 78.4 cm³/mol. The zero-order valence-corrected chi connectivity index (χ0v) is 12.3. The van der Waals surface area contributed by atoms with E-state index in [1.807, 2.05) is 31.3 Å². The molecule has 2 rings (SSSR count). The summed E-state index contributed by atoms with van der Waals surface area (Å²) < 4.78 is 10.8. The first-order valence-electron chi connectivity index (χ1n) is 7.00. The van der Waals surface area contributed by atoms with Crippen LogP contribution >= 0.6 is 0 Å². The smallest absolute Gasteiger partial charge is 0.119 e. The molecule has 1 aromatic carbocycles. The van der Waals surface area contributed by atoms with Crippen molar-refractivity contribution < 1.29 is 14.6 Å². The maximum absolute atomic E-state index is 10.3. The Morgan fingerprint density at radius 2 is 2.00 bits per heavy atom. The zero-order valence-electron chi connectivity index (χ0n) is 12.3. The van der Waals surface area contributed by atoms with Gasteiger partial charge in [0.05, 0.1) is 12.7 Å². The number of ether oxygens (including phenoxy) is 2. The van der Waals surface area contributed by atoms with E-state index in [1.54, 1.807) is 7.11 Å². The molecule has 5 nitrogen and oxygen atoms in total. The molecule has 20 heavy (non-hydrogen) atoms. The van der Waals surface area contributed by atoms with Crippen LogP contribution in [0.25, 0.3) is 0 Å². The highest BCUT2D eigenvalue weighted by Gasteiger charge is 2.31. The fourth-order valence-corrected chi connectivity index (χ4v) is 2.44. The van der Waals surface area contributed by atoms with E-state index in [9.17, 15) is 5.11 Å². The van der Waals surface area contributed by atoms with Gasteiger partial charge in [0, 0.05) is 19.6 Å². The lowest BCUT2D eigenvalue weighted by atomic mass is 10.0. The van der Waals surface area contributed by atoms with Gasteiger partial charge in [-0.15, -0.1) is 0 Å². The van der Waals surface area contributed by atoms with E-state index < -0.39 is 5.60 Å². The molecule has 1 atom stereocenters. The van der Waals surface area contributed by atoms with E-state index in [2.05, 4.69) is 10.2 Å². The molecule has 1 fully saturated rings. The third kappa shape index (κ3) is 4.37. The largest absolute Gasteiger partial charge is 0.497 e. The minimum absolute atomic E-state index is 0.588. The summed E-state index contributed by atoms with van der Waals surface area (Å²) in [7, 11) is 3.65. The SMILES string of the molecule is COc1ccc(OCCN(C)CC2(O)CCNC2)cc1. The fourth-order valence-electron chi connectivity index (χ4n) is 2.44. The van der Waals surface area contributed by atoms with Gasteiger partial charge in [-0.25, -0.2) is 0 Å². The van der Waals surface area contributed by atoms with Crippen LogP contribution in [0.3, 0.4) is 0 Å². The Balaban J connectivity index is 1.69. The standard InChI is InChI=1S/C15H24N2O3/c1-17(12-15(18)7-8-16-11-15)9-10-20-14-5-3-13(19-2)4-6-14/h3-6,16,18H,7-12H2,1-2H3. The molecule has 0 aromatic heterocycles. The van der Waals surface area contributed by atoms with Crippen molar-refractivity contribution in [3.63, 3.8) is 0 Å². The molecule has 0 amide bonds. The van der Waals surface area contributed by atoms with E-state index in [0.29, 0.717) is 19.7 Å². The van der Waals surface area contributed by atoms with Crippen LogP contribution in [0.4, 0.5) is 0 Å². The molecule has 2 N–H and O–H groups in total. The lowest BCUT2D eigenvalue weighted by Crippen LogP contribution is -2.44. The Hall–Kier alpha value is -1.30. The Kier molecular flexibility index (Phi) is 5.23. The minimum Gasteiger partial charge on any atom is -0.497 e. The van der Waals surface area contributed by atoms with Gasteiger partial charge < -0.3 is 24.8 Å². The number of aliphatic hydroxyl groups is 1. The molecule has 1 aliphatic heterocycles. The lowest BCUT2D eigenvalue weighted by molar-refractivity contribution is 0.0255. The van der Waals surface area contributed by atoms with Crippen molar-refractivity contribution in [2.24, 2.45) is 0 Å². The molecule has 0 bridgehead atoms. The molecule has 1 saturated heterocycles. The number of nitrogens with zero attached hydrogens (tertiary/aromatic N) is 1. The molecule has 1 unspecified atom stereocenters. The molecule has 0 radical (unpaired) electrons. The van der Waals surface area contributed by atoms with E-state index in [4.69, 9.17) is 9.47 Å². The van der Waals surface area contributed by atoms with Crippen molar-refractivity contribution >= 4 is 0 Å². The highest BCUT2D eigenvalue weighted by molar-refractivity contribution is 5.31. The van der Waals surface area contributed by atoms with E-state index in [0.717, 1.165) is 31.0 Å². The van der Waals surface area contributed by atoms with Crippen LogP contribution in [-0.2, 0) is 0 Å². The van der Waals surface area contributed by atoms with Crippen LogP contribution in [0.2, 0.25) is 0 Å². The quantitative estimate of drug-likeness (QED) is 0.771. The summed E-state index contributed by atoms with van der Waals surface area (Å²) in [6, 6.07) is 7.55. The van der Waals surface area contributed by atoms with Crippen molar-refractivity contribution in [2.45, 2.75) is 12.0 Å². The van der Waals surface area contributed by atoms with Crippen LogP contribution in [0.1, 0.15) is 6.42 Å². The third-order valence-corrected chi connectivity index (χ3v) is 3.59. The maximum Gasteiger partial charge on any atom is 0.119 e. The van der Waals surface area contributed by atoms with Crippen molar-refractivity contribution in [1.82, 2.24) is 10.2 Å². The van der Waals surface area contributed by atoms with Gasteiger partial charge in [-0.05, 0) is 44.3 Å². The van der Waals surface area contributed by atoms with Gasteiger partial charge in [0.2, 0.25) is 0 Å². The van der Waals surface area contributed by atoms with Gasteiger partial charge in [0.25, 0.3) is 0 Å². The van der Waals surface area contributed by atoms with E-state index in [1.165, 1.54) is 0 Å². The number of hydrogen-bond acceptors (Lipinski definition) is 5. The second kappa shape index (κ2) is 6.92. The number of likely N-dealkylation sites (N-methyl/N-ethyl adjacent to an activating group) is 1. The normalized spacial score (nSPS) is 22.2. The fraction of sp³-hybridized carbons (Fsp3) is 0.600. The molecule has 0 spiro atoms. The highest BCUT2D eigenvalue weighted by atomic mass is 16.5. The van der Waals surface area contributed by atoms with Crippen molar-refractivity contribution in [3.8, 4) is 11.5 Å². The van der Waals surface area contributed by atoms with Gasteiger partial charge in [-0.3, -0.25) is 0 Å². The number of benzene rings is 1. The third-order valence-electron chi connectivity index (χ3n) is 3.59. The Morgan fingerprint density at radius 1 is 1.30 bits per heavy atom. The summed E-state index contributed by atoms with van der Waals surface area (Å²) in [6.07, 6.45) is 0.816. The molecule has 1 heterocycles. The maximum atomic E-state index is 10.3. The topological polar surface area (TPSA) is 54.0 Å². The van der Waals surface area contributed by atoms with E-state index >= 15 is 0 Å². The second-order valence-electron chi connectivity index (χ2n) is 5.41. The van der Waals surface area contributed by atoms with Crippen LogP contribution in [0.5, 0.6) is 11.5 Å². The number of methoxy groups -OCH3 is 1. The first kappa shape index (κ1) is 15.1. The lowest BCUT2D eigenvalue weighted by Gasteiger charge is -2.27. The summed E-state index contributed by atoms with van der Waals surface area (Å²) in [5, 5.41) is 13.5. The first-order chi connectivity index (χ1) is 9.61. The molecular formula is C15H24N2O3. The molecule has 112 valence electrons. The predicted octanol–water partition coefficient (Wildman–Crippen LogP) is 0.730. The number of nitrogens with one attached hydrogen (secondary N) is 1. The van der Waals surface area contributed by atoms with Gasteiger partial charge in [-0.2, -0.15) is 0 Å². The Bertz CT molecular complexity index is 402. The van der Waals surface area contributed by atoms with Crippen LogP contribution in [0.15, 0.2) is 24.3 Å². The molecule has 0 aliphatic carbocycles. The van der Waals surface area contributed by atoms with Gasteiger partial charge in [-0.1, -0.05) is 0 Å². The van der Waals surface area contributed by atoms with Crippen LogP contribution in [-0.4, -0.2) is 62.6 Å². The highest BCUT2D eigenvalue weighted by Crippen LogP contribution is 2.17. The summed E-state index contributed by atoms with van der Waals surface area (Å²) in [5.41, 5.74) is -0.588. The summed E-state index contributed by atoms with van der Waals surface area (Å²) >= 11 is 0. The molecule has 1 aromatic rings. The number of rotatable bonds is 7. The van der Waals surface area contributed by atoms with Gasteiger partial charge in [0.1, 0.15) is 18.1 Å². The summed E-state index contributed by atoms with van der Waals surface area (Å²) in [5.74, 6) is 1.66. The number of hydrogen-bond donors (Lipinski definition) is 2. The Labute approximate surface area is 120 Å². The average Bonchev–Trinajstić information content (AvgIpc) is 2.86. The van der Waals surface area contributed by atoms with Gasteiger partial charge in [0.15, 0.2) is 0 Å². The van der Waals surface area contributed by atoms with Crippen LogP contribution in [0, 0.1) is 0 Å². The van der Waals surface area contributed by atoms with E-state index in [-0.39, 0.29) is 0 Å². The molecule has 5 heteroatoms. The molecule has 1 aliphatic rings. The van der Waals surface area contributed by atoms with Crippen LogP contribution < -0.4 is 14.8 Å². The van der Waals surface area contributed by atoms with Gasteiger partial charge >= 0.3 is 0 Å². The average molecular weight is 280 g/mol. The summed E-state index contributed by atoms with van der Waals surface area (Å²) in [4.78, 5) is 2.11. The minimum atomic E-state index is -0.588. The monoisotopic (exact) mass is 280 g/mol. The van der Waals surface area contributed by atoms with Crippen molar-refractivity contribution in [2.75, 3.05) is 46.9 Å². The Morgan fingerprint density at radius 3 is 2.60 bits per heavy atom.